The van der Waals surface area contributed by atoms with Crippen LogP contribution in [0.3, 0.4) is 0 Å². The molecule has 0 heterocycles. The Balaban J connectivity index is 2.11. The molecule has 0 aliphatic rings. The summed E-state index contributed by atoms with van der Waals surface area (Å²) >= 11 is 3.13. The third-order valence-corrected chi connectivity index (χ3v) is 2.66. The lowest BCUT2D eigenvalue weighted by Gasteiger charge is -2.06. The molecule has 0 radical (unpaired) electrons. The summed E-state index contributed by atoms with van der Waals surface area (Å²) in [4.78, 5) is 0. The summed E-state index contributed by atoms with van der Waals surface area (Å²) in [6, 6.07) is 4.82. The van der Waals surface area contributed by atoms with Gasteiger partial charge in [-0.3, -0.25) is 0 Å². The molecular weight excluding hydrogens is 291 g/mol. The monoisotopic (exact) mass is 306 g/mol. The van der Waals surface area contributed by atoms with Crippen molar-refractivity contribution in [3.8, 4) is 0 Å². The molecule has 0 unspecified atom stereocenters. The normalized spacial score (nSPS) is 10.8. The van der Waals surface area contributed by atoms with Crippen molar-refractivity contribution < 1.29 is 18.6 Å². The van der Waals surface area contributed by atoms with Gasteiger partial charge in [-0.1, -0.05) is 6.07 Å². The van der Waals surface area contributed by atoms with Crippen molar-refractivity contribution >= 4 is 15.9 Å². The molecule has 0 aliphatic heterocycles. The van der Waals surface area contributed by atoms with Crippen molar-refractivity contribution in [1.29, 1.82) is 0 Å². The highest BCUT2D eigenvalue weighted by Gasteiger charge is 2.00. The number of hydrogen-bond acceptors (Lipinski definition) is 3. The smallest absolute Gasteiger partial charge is 0.137 e. The minimum atomic E-state index is -0.267. The van der Waals surface area contributed by atoms with Gasteiger partial charge in [0.1, 0.15) is 5.82 Å². The molecule has 0 amide bonds. The second-order valence-corrected chi connectivity index (χ2v) is 4.26. The maximum absolute atomic E-state index is 12.9. The van der Waals surface area contributed by atoms with E-state index in [1.165, 1.54) is 6.07 Å². The zero-order chi connectivity index (χ0) is 12.5. The summed E-state index contributed by atoms with van der Waals surface area (Å²) in [5.41, 5.74) is 0.926. The van der Waals surface area contributed by atoms with Crippen LogP contribution in [0.15, 0.2) is 22.7 Å². The minimum absolute atomic E-state index is 0.267. The van der Waals surface area contributed by atoms with Crippen LogP contribution in [0.1, 0.15) is 5.56 Å². The summed E-state index contributed by atoms with van der Waals surface area (Å²) in [5.74, 6) is -0.267. The first-order chi connectivity index (χ1) is 8.24. The zero-order valence-corrected chi connectivity index (χ0v) is 11.3. The van der Waals surface area contributed by atoms with Gasteiger partial charge in [0.25, 0.3) is 0 Å². The van der Waals surface area contributed by atoms with Crippen LogP contribution in [0.25, 0.3) is 0 Å². The van der Waals surface area contributed by atoms with E-state index in [9.17, 15) is 4.39 Å². The summed E-state index contributed by atoms with van der Waals surface area (Å²) < 4.78 is 28.9. The molecule has 0 aromatic heterocycles. The molecule has 1 aromatic rings. The van der Waals surface area contributed by atoms with E-state index >= 15 is 0 Å². The lowest BCUT2D eigenvalue weighted by molar-refractivity contribution is 0.0199. The molecule has 3 nitrogen and oxygen atoms in total. The highest BCUT2D eigenvalue weighted by Crippen LogP contribution is 2.17. The topological polar surface area (TPSA) is 27.7 Å². The van der Waals surface area contributed by atoms with E-state index in [0.717, 1.165) is 5.56 Å². The van der Waals surface area contributed by atoms with Gasteiger partial charge in [0, 0.05) is 7.11 Å². The van der Waals surface area contributed by atoms with Crippen LogP contribution in [-0.2, 0) is 20.8 Å². The van der Waals surface area contributed by atoms with Gasteiger partial charge in [0.15, 0.2) is 0 Å². The van der Waals surface area contributed by atoms with Crippen molar-refractivity contribution in [3.05, 3.63) is 34.1 Å². The van der Waals surface area contributed by atoms with Crippen LogP contribution in [0.2, 0.25) is 0 Å². The van der Waals surface area contributed by atoms with Gasteiger partial charge in [-0.15, -0.1) is 0 Å². The highest BCUT2D eigenvalue weighted by atomic mass is 79.9. The molecule has 0 bridgehead atoms. The molecule has 0 fully saturated rings. The Morgan fingerprint density at radius 3 is 2.53 bits per heavy atom. The summed E-state index contributed by atoms with van der Waals surface area (Å²) in [6.07, 6.45) is 0. The van der Waals surface area contributed by atoms with Gasteiger partial charge in [0.2, 0.25) is 0 Å². The van der Waals surface area contributed by atoms with E-state index in [-0.39, 0.29) is 5.82 Å². The molecule has 17 heavy (non-hydrogen) atoms. The number of methoxy groups -OCH3 is 1. The highest BCUT2D eigenvalue weighted by molar-refractivity contribution is 9.10. The van der Waals surface area contributed by atoms with Crippen molar-refractivity contribution in [3.63, 3.8) is 0 Å². The summed E-state index contributed by atoms with van der Waals surface area (Å²) in [7, 11) is 1.63. The molecule has 0 N–H and O–H groups in total. The maximum atomic E-state index is 12.9. The van der Waals surface area contributed by atoms with Crippen LogP contribution >= 0.6 is 15.9 Å². The quantitative estimate of drug-likeness (QED) is 0.691. The Labute approximate surface area is 109 Å². The fourth-order valence-corrected chi connectivity index (χ4v) is 1.61. The predicted octanol–water partition coefficient (Wildman–Crippen LogP) is 2.77. The molecule has 0 saturated heterocycles. The molecule has 1 rings (SSSR count). The van der Waals surface area contributed by atoms with Crippen molar-refractivity contribution in [2.75, 3.05) is 33.5 Å². The van der Waals surface area contributed by atoms with Crippen molar-refractivity contribution in [2.24, 2.45) is 0 Å². The second-order valence-electron chi connectivity index (χ2n) is 3.41. The fourth-order valence-electron chi connectivity index (χ4n) is 1.18. The predicted molar refractivity (Wildman–Crippen MR) is 66.5 cm³/mol. The van der Waals surface area contributed by atoms with Gasteiger partial charge in [-0.2, -0.15) is 0 Å². The number of halogens is 2. The molecule has 0 saturated carbocycles. The Hall–Kier alpha value is -0.490. The molecule has 0 aliphatic carbocycles. The van der Waals surface area contributed by atoms with E-state index < -0.39 is 0 Å². The lowest BCUT2D eigenvalue weighted by Crippen LogP contribution is -2.08. The van der Waals surface area contributed by atoms with Gasteiger partial charge >= 0.3 is 0 Å². The van der Waals surface area contributed by atoms with Crippen molar-refractivity contribution in [2.45, 2.75) is 6.61 Å². The third kappa shape index (κ3) is 6.12. The average molecular weight is 307 g/mol. The average Bonchev–Trinajstić information content (AvgIpc) is 2.32. The molecule has 5 heteroatoms. The fraction of sp³-hybridized carbons (Fsp3) is 0.500. The van der Waals surface area contributed by atoms with E-state index in [1.807, 2.05) is 0 Å². The van der Waals surface area contributed by atoms with Gasteiger partial charge in [-0.25, -0.2) is 4.39 Å². The van der Waals surface area contributed by atoms with Gasteiger partial charge < -0.3 is 14.2 Å². The van der Waals surface area contributed by atoms with Crippen LogP contribution in [0, 0.1) is 5.82 Å². The Morgan fingerprint density at radius 1 is 1.12 bits per heavy atom. The largest absolute Gasteiger partial charge is 0.382 e. The first kappa shape index (κ1) is 14.6. The van der Waals surface area contributed by atoms with Crippen molar-refractivity contribution in [1.82, 2.24) is 0 Å². The standard InChI is InChI=1S/C12H16BrFO3/c1-15-4-5-16-6-7-17-9-10-2-3-12(14)11(13)8-10/h2-3,8H,4-7,9H2,1H3. The van der Waals surface area contributed by atoms with E-state index in [4.69, 9.17) is 14.2 Å². The molecule has 1 aromatic carbocycles. The number of rotatable bonds is 8. The van der Waals surface area contributed by atoms with Crippen LogP contribution in [0.5, 0.6) is 0 Å². The van der Waals surface area contributed by atoms with E-state index in [1.54, 1.807) is 19.2 Å². The maximum Gasteiger partial charge on any atom is 0.137 e. The van der Waals surface area contributed by atoms with Crippen LogP contribution < -0.4 is 0 Å². The van der Waals surface area contributed by atoms with Crippen LogP contribution in [0.4, 0.5) is 4.39 Å². The Kier molecular flexibility index (Phi) is 7.35. The number of benzene rings is 1. The Morgan fingerprint density at radius 2 is 1.82 bits per heavy atom. The lowest BCUT2D eigenvalue weighted by atomic mass is 10.2. The first-order valence-corrected chi connectivity index (χ1v) is 6.11. The minimum Gasteiger partial charge on any atom is -0.382 e. The zero-order valence-electron chi connectivity index (χ0n) is 9.75. The number of ether oxygens (including phenoxy) is 3. The summed E-state index contributed by atoms with van der Waals surface area (Å²) in [6.45, 7) is 2.66. The molecule has 0 atom stereocenters. The van der Waals surface area contributed by atoms with Gasteiger partial charge in [0.05, 0.1) is 37.5 Å². The van der Waals surface area contributed by atoms with E-state index in [2.05, 4.69) is 15.9 Å². The number of hydrogen-bond donors (Lipinski definition) is 0. The van der Waals surface area contributed by atoms with E-state index in [0.29, 0.717) is 37.5 Å². The molecule has 96 valence electrons. The van der Waals surface area contributed by atoms with Gasteiger partial charge in [-0.05, 0) is 33.6 Å². The third-order valence-electron chi connectivity index (χ3n) is 2.06. The Bertz CT molecular complexity index is 334. The summed E-state index contributed by atoms with van der Waals surface area (Å²) in [5, 5.41) is 0. The second kappa shape index (κ2) is 8.58. The SMILES string of the molecule is COCCOCCOCc1ccc(F)c(Br)c1. The van der Waals surface area contributed by atoms with Crippen LogP contribution in [-0.4, -0.2) is 33.5 Å². The molecule has 0 spiro atoms. The first-order valence-electron chi connectivity index (χ1n) is 5.32. The molecular formula is C12H16BrFO3.